The van der Waals surface area contributed by atoms with Crippen LogP contribution in [0.1, 0.15) is 18.5 Å². The molecule has 1 atom stereocenters. The minimum atomic E-state index is -0.458. The van der Waals surface area contributed by atoms with Gasteiger partial charge in [-0.25, -0.2) is 4.39 Å². The largest absolute Gasteiger partial charge is 0.348 e. The minimum absolute atomic E-state index is 0.183. The zero-order valence-corrected chi connectivity index (χ0v) is 14.7. The van der Waals surface area contributed by atoms with E-state index in [0.717, 1.165) is 5.56 Å². The van der Waals surface area contributed by atoms with E-state index in [1.165, 1.54) is 16.7 Å². The van der Waals surface area contributed by atoms with E-state index in [1.54, 1.807) is 28.8 Å². The van der Waals surface area contributed by atoms with Crippen molar-refractivity contribution in [3.8, 4) is 0 Å². The van der Waals surface area contributed by atoms with Crippen molar-refractivity contribution in [2.24, 2.45) is 0 Å². The Morgan fingerprint density at radius 2 is 1.81 bits per heavy atom. The Morgan fingerprint density at radius 1 is 1.04 bits per heavy atom. The number of benzene rings is 2. The number of halogens is 1. The number of aromatic nitrogens is 2. The van der Waals surface area contributed by atoms with E-state index >= 15 is 0 Å². The van der Waals surface area contributed by atoms with Crippen LogP contribution in [0.3, 0.4) is 0 Å². The summed E-state index contributed by atoms with van der Waals surface area (Å²) in [5.74, 6) is -0.768. The fourth-order valence-electron chi connectivity index (χ4n) is 3.34. The molecule has 4 rings (SSSR count). The molecule has 2 aromatic carbocycles. The molecule has 4 aromatic rings. The molecule has 0 bridgehead atoms. The third kappa shape index (κ3) is 3.10. The van der Waals surface area contributed by atoms with E-state index in [0.29, 0.717) is 16.6 Å². The first kappa shape index (κ1) is 17.0. The highest BCUT2D eigenvalue weighted by Crippen LogP contribution is 2.17. The van der Waals surface area contributed by atoms with Crippen LogP contribution in [0.5, 0.6) is 0 Å². The van der Waals surface area contributed by atoms with Gasteiger partial charge >= 0.3 is 0 Å². The second-order valence-electron chi connectivity index (χ2n) is 6.49. The van der Waals surface area contributed by atoms with Crippen molar-refractivity contribution in [2.75, 3.05) is 0 Å². The molecule has 5 nitrogen and oxygen atoms in total. The first-order valence-corrected chi connectivity index (χ1v) is 8.68. The van der Waals surface area contributed by atoms with Crippen LogP contribution in [0, 0.1) is 5.82 Å². The molecule has 27 heavy (non-hydrogen) atoms. The molecular formula is C21H18FN3O2. The summed E-state index contributed by atoms with van der Waals surface area (Å²) < 4.78 is 16.8. The number of hydrogen-bond acceptors (Lipinski definition) is 2. The fourth-order valence-corrected chi connectivity index (χ4v) is 3.34. The lowest BCUT2D eigenvalue weighted by atomic mass is 10.1. The van der Waals surface area contributed by atoms with E-state index in [1.807, 2.05) is 37.3 Å². The summed E-state index contributed by atoms with van der Waals surface area (Å²) in [6, 6.07) is 17.0. The Hall–Kier alpha value is -3.41. The number of carbonyl (C=O) groups excluding carboxylic acids is 1. The maximum absolute atomic E-state index is 13.8. The smallest absolute Gasteiger partial charge is 0.275 e. The first-order valence-electron chi connectivity index (χ1n) is 8.68. The summed E-state index contributed by atoms with van der Waals surface area (Å²) in [6.45, 7) is 1.70. The number of rotatable bonds is 4. The number of nitrogens with one attached hydrogen (secondary N) is 1. The maximum Gasteiger partial charge on any atom is 0.275 e. The van der Waals surface area contributed by atoms with E-state index < -0.39 is 5.82 Å². The van der Waals surface area contributed by atoms with Crippen molar-refractivity contribution in [2.45, 2.75) is 19.5 Å². The molecule has 0 aliphatic carbocycles. The molecular weight excluding hydrogens is 345 g/mol. The maximum atomic E-state index is 13.8. The Bertz CT molecular complexity index is 1190. The van der Waals surface area contributed by atoms with Crippen LogP contribution < -0.4 is 10.9 Å². The molecule has 0 spiro atoms. The van der Waals surface area contributed by atoms with Crippen molar-refractivity contribution < 1.29 is 9.18 Å². The van der Waals surface area contributed by atoms with Crippen LogP contribution in [0.4, 0.5) is 4.39 Å². The van der Waals surface area contributed by atoms with Crippen LogP contribution in [-0.4, -0.2) is 14.9 Å². The molecule has 0 fully saturated rings. The Kier molecular flexibility index (Phi) is 4.24. The molecule has 1 N–H and O–H groups in total. The lowest BCUT2D eigenvalue weighted by Crippen LogP contribution is -2.34. The lowest BCUT2D eigenvalue weighted by molar-refractivity contribution is -0.122. The van der Waals surface area contributed by atoms with Gasteiger partial charge in [0.1, 0.15) is 17.9 Å². The summed E-state index contributed by atoms with van der Waals surface area (Å²) in [7, 11) is 0. The van der Waals surface area contributed by atoms with Crippen molar-refractivity contribution in [3.05, 3.63) is 88.6 Å². The van der Waals surface area contributed by atoms with Gasteiger partial charge in [0.05, 0.1) is 17.1 Å². The highest BCUT2D eigenvalue weighted by molar-refractivity contribution is 5.82. The predicted molar refractivity (Wildman–Crippen MR) is 102 cm³/mol. The minimum Gasteiger partial charge on any atom is -0.348 e. The average molecular weight is 363 g/mol. The number of hydrogen-bond donors (Lipinski definition) is 1. The number of nitrogens with zero attached hydrogens (tertiary/aromatic N) is 2. The topological polar surface area (TPSA) is 55.5 Å². The third-order valence-corrected chi connectivity index (χ3v) is 4.68. The van der Waals surface area contributed by atoms with Crippen molar-refractivity contribution >= 4 is 22.5 Å². The highest BCUT2D eigenvalue weighted by Gasteiger charge is 2.15. The van der Waals surface area contributed by atoms with Crippen molar-refractivity contribution in [3.63, 3.8) is 0 Å². The van der Waals surface area contributed by atoms with Gasteiger partial charge in [0.2, 0.25) is 5.91 Å². The van der Waals surface area contributed by atoms with Gasteiger partial charge in [-0.1, -0.05) is 30.3 Å². The molecule has 2 heterocycles. The van der Waals surface area contributed by atoms with Gasteiger partial charge in [-0.15, -0.1) is 0 Å². The molecule has 0 saturated carbocycles. The Morgan fingerprint density at radius 3 is 2.59 bits per heavy atom. The number of amides is 1. The molecule has 136 valence electrons. The summed E-state index contributed by atoms with van der Waals surface area (Å²) in [6.07, 6.45) is 1.75. The summed E-state index contributed by atoms with van der Waals surface area (Å²) >= 11 is 0. The van der Waals surface area contributed by atoms with Crippen LogP contribution >= 0.6 is 0 Å². The second-order valence-corrected chi connectivity index (χ2v) is 6.49. The Balaban J connectivity index is 1.72. The highest BCUT2D eigenvalue weighted by atomic mass is 19.1. The summed E-state index contributed by atoms with van der Waals surface area (Å²) in [5, 5.41) is 2.89. The van der Waals surface area contributed by atoms with Crippen molar-refractivity contribution in [1.82, 2.24) is 14.3 Å². The van der Waals surface area contributed by atoms with E-state index in [4.69, 9.17) is 0 Å². The van der Waals surface area contributed by atoms with Crippen LogP contribution in [-0.2, 0) is 11.3 Å². The van der Waals surface area contributed by atoms with Crippen molar-refractivity contribution in [1.29, 1.82) is 0 Å². The van der Waals surface area contributed by atoms with Crippen LogP contribution in [0.2, 0.25) is 0 Å². The van der Waals surface area contributed by atoms with Gasteiger partial charge in [0, 0.05) is 6.20 Å². The molecule has 0 radical (unpaired) electrons. The van der Waals surface area contributed by atoms with Crippen LogP contribution in [0.15, 0.2) is 71.7 Å². The third-order valence-electron chi connectivity index (χ3n) is 4.68. The molecule has 0 aliphatic heterocycles. The Labute approximate surface area is 154 Å². The van der Waals surface area contributed by atoms with Gasteiger partial charge in [-0.3, -0.25) is 14.2 Å². The SMILES string of the molecule is C[C@H](NC(=O)Cn1c(=O)c2cccn2c2ccc(F)cc21)c1ccccc1. The van der Waals surface area contributed by atoms with E-state index in [2.05, 4.69) is 5.32 Å². The molecule has 6 heteroatoms. The zero-order valence-electron chi connectivity index (χ0n) is 14.7. The molecule has 0 saturated heterocycles. The normalized spacial score (nSPS) is 12.4. The molecule has 0 unspecified atom stereocenters. The van der Waals surface area contributed by atoms with Gasteiger partial charge in [-0.05, 0) is 42.8 Å². The second kappa shape index (κ2) is 6.72. The monoisotopic (exact) mass is 363 g/mol. The van der Waals surface area contributed by atoms with Gasteiger partial charge in [-0.2, -0.15) is 0 Å². The number of fused-ring (bicyclic) bond motifs is 3. The van der Waals surface area contributed by atoms with Gasteiger partial charge in [0.15, 0.2) is 0 Å². The van der Waals surface area contributed by atoms with E-state index in [-0.39, 0.29) is 24.1 Å². The molecule has 1 amide bonds. The standard InChI is InChI=1S/C21H18FN3O2/c1-14(15-6-3-2-4-7-15)23-20(26)13-25-19-12-16(22)9-10-17(19)24-11-5-8-18(24)21(25)27/h2-12,14H,13H2,1H3,(H,23,26)/t14-/m0/s1. The van der Waals surface area contributed by atoms with Crippen LogP contribution in [0.25, 0.3) is 16.6 Å². The summed E-state index contributed by atoms with van der Waals surface area (Å²) in [4.78, 5) is 25.4. The first-order chi connectivity index (χ1) is 13.0. The predicted octanol–water partition coefficient (Wildman–Crippen LogP) is 3.27. The number of carbonyl (C=O) groups is 1. The average Bonchev–Trinajstić information content (AvgIpc) is 3.16. The molecule has 2 aromatic heterocycles. The van der Waals surface area contributed by atoms with Gasteiger partial charge in [0.25, 0.3) is 5.56 Å². The lowest BCUT2D eigenvalue weighted by Gasteiger charge is -2.16. The zero-order chi connectivity index (χ0) is 19.0. The fraction of sp³-hybridized carbons (Fsp3) is 0.143. The molecule has 0 aliphatic rings. The summed E-state index contributed by atoms with van der Waals surface area (Å²) in [5.41, 5.74) is 2.13. The quantitative estimate of drug-likeness (QED) is 0.605. The van der Waals surface area contributed by atoms with Gasteiger partial charge < -0.3 is 9.72 Å². The van der Waals surface area contributed by atoms with E-state index in [9.17, 15) is 14.0 Å².